The molecule has 2 aliphatic heterocycles. The predicted molar refractivity (Wildman–Crippen MR) is 67.6 cm³/mol. The van der Waals surface area contributed by atoms with Gasteiger partial charge in [0.25, 0.3) is 0 Å². The fourth-order valence-corrected chi connectivity index (χ4v) is 2.48. The number of hydrogen-bond donors (Lipinski definition) is 2. The largest absolute Gasteiger partial charge is 0.468 e. The molecule has 2 aliphatic rings. The molecule has 0 radical (unpaired) electrons. The van der Waals surface area contributed by atoms with Crippen molar-refractivity contribution in [3.63, 3.8) is 0 Å². The summed E-state index contributed by atoms with van der Waals surface area (Å²) in [5, 5.41) is 7.62. The average Bonchev–Trinajstić information content (AvgIpc) is 2.79. The average molecular weight is 340 g/mol. The van der Waals surface area contributed by atoms with Crippen LogP contribution >= 0.6 is 15.9 Å². The van der Waals surface area contributed by atoms with E-state index in [0.29, 0.717) is 4.48 Å². The van der Waals surface area contributed by atoms with Gasteiger partial charge in [-0.1, -0.05) is 0 Å². The maximum absolute atomic E-state index is 12.7. The van der Waals surface area contributed by atoms with Crippen molar-refractivity contribution in [2.45, 2.75) is 18.3 Å². The lowest BCUT2D eigenvalue weighted by Gasteiger charge is -2.38. The molecule has 0 saturated carbocycles. The van der Waals surface area contributed by atoms with Gasteiger partial charge in [0.05, 0.1) is 10.4 Å². The third kappa shape index (κ3) is 2.64. The van der Waals surface area contributed by atoms with Crippen LogP contribution in [0.5, 0.6) is 0 Å². The van der Waals surface area contributed by atoms with Crippen LogP contribution in [-0.4, -0.2) is 35.7 Å². The van der Waals surface area contributed by atoms with E-state index in [0.717, 1.165) is 0 Å². The maximum Gasteiger partial charge on any atom is 0.393 e. The Bertz CT molecular complexity index is 449. The molecule has 0 amide bonds. The maximum atomic E-state index is 12.7. The number of ether oxygens (including phenoxy) is 1. The molecule has 0 aromatic rings. The zero-order chi connectivity index (χ0) is 14.3. The molecule has 19 heavy (non-hydrogen) atoms. The number of nitrogens with zero attached hydrogens (tertiary/aromatic N) is 1. The van der Waals surface area contributed by atoms with Gasteiger partial charge in [0, 0.05) is 13.1 Å². The molecule has 1 fully saturated rings. The van der Waals surface area contributed by atoms with Crippen molar-refractivity contribution in [2.24, 2.45) is 11.7 Å². The number of likely N-dealkylation sites (tertiary alicyclic amines) is 1. The van der Waals surface area contributed by atoms with Gasteiger partial charge in [0.1, 0.15) is 6.26 Å². The van der Waals surface area contributed by atoms with Crippen LogP contribution in [0.4, 0.5) is 13.2 Å². The van der Waals surface area contributed by atoms with E-state index in [9.17, 15) is 13.2 Å². The minimum Gasteiger partial charge on any atom is -0.468 e. The molecule has 3 N–H and O–H groups in total. The molecular formula is C11H13BrF3N3O. The standard InChI is InChI=1S/C11H13BrF3N3O/c12-8-1-3-10(9(16)17,19-6-8)18-4-2-7(5-18)11(13,14)15/h1,3,6-7H,2,4-5H2,(H3,16,17). The zero-order valence-corrected chi connectivity index (χ0v) is 11.5. The van der Waals surface area contributed by atoms with Crippen molar-refractivity contribution < 1.29 is 17.9 Å². The van der Waals surface area contributed by atoms with Gasteiger partial charge >= 0.3 is 6.18 Å². The Labute approximate surface area is 116 Å². The number of alkyl halides is 3. The fraction of sp³-hybridized carbons (Fsp3) is 0.545. The topological polar surface area (TPSA) is 62.3 Å². The number of hydrogen-bond acceptors (Lipinski definition) is 3. The third-order valence-corrected chi connectivity index (χ3v) is 3.78. The Kier molecular flexibility index (Phi) is 3.65. The van der Waals surface area contributed by atoms with Crippen LogP contribution in [0.1, 0.15) is 6.42 Å². The summed E-state index contributed by atoms with van der Waals surface area (Å²) < 4.78 is 44.1. The lowest BCUT2D eigenvalue weighted by molar-refractivity contribution is -0.172. The van der Waals surface area contributed by atoms with Gasteiger partial charge in [0.15, 0.2) is 5.84 Å². The minimum atomic E-state index is -4.23. The van der Waals surface area contributed by atoms with Crippen LogP contribution in [0, 0.1) is 11.3 Å². The van der Waals surface area contributed by atoms with E-state index in [1.807, 2.05) is 0 Å². The summed E-state index contributed by atoms with van der Waals surface area (Å²) >= 11 is 3.18. The molecule has 2 atom stereocenters. The number of allylic oxidation sites excluding steroid dienone is 2. The molecule has 0 aliphatic carbocycles. The van der Waals surface area contributed by atoms with Crippen LogP contribution in [0.15, 0.2) is 22.9 Å². The van der Waals surface area contributed by atoms with Crippen molar-refractivity contribution in [3.8, 4) is 0 Å². The highest BCUT2D eigenvalue weighted by atomic mass is 79.9. The van der Waals surface area contributed by atoms with Crippen molar-refractivity contribution in [3.05, 3.63) is 22.9 Å². The summed E-state index contributed by atoms with van der Waals surface area (Å²) in [5.41, 5.74) is 4.12. The smallest absolute Gasteiger partial charge is 0.393 e. The summed E-state index contributed by atoms with van der Waals surface area (Å²) in [6.07, 6.45) is 0.203. The molecule has 8 heteroatoms. The summed E-state index contributed by atoms with van der Waals surface area (Å²) in [7, 11) is 0. The molecule has 4 nitrogen and oxygen atoms in total. The molecule has 0 bridgehead atoms. The summed E-state index contributed by atoms with van der Waals surface area (Å²) in [6, 6.07) is 0. The van der Waals surface area contributed by atoms with Gasteiger partial charge < -0.3 is 10.5 Å². The van der Waals surface area contributed by atoms with Gasteiger partial charge in [-0.3, -0.25) is 10.3 Å². The number of amidine groups is 1. The van der Waals surface area contributed by atoms with Gasteiger partial charge in [-0.25, -0.2) is 0 Å². The van der Waals surface area contributed by atoms with Crippen LogP contribution in [0.3, 0.4) is 0 Å². The number of nitrogens with two attached hydrogens (primary N) is 1. The Morgan fingerprint density at radius 1 is 1.58 bits per heavy atom. The van der Waals surface area contributed by atoms with Crippen LogP contribution in [-0.2, 0) is 4.74 Å². The second-order valence-corrected chi connectivity index (χ2v) is 5.45. The van der Waals surface area contributed by atoms with Crippen molar-refractivity contribution in [1.29, 1.82) is 5.41 Å². The van der Waals surface area contributed by atoms with E-state index >= 15 is 0 Å². The number of halogens is 4. The van der Waals surface area contributed by atoms with Crippen LogP contribution < -0.4 is 5.73 Å². The predicted octanol–water partition coefficient (Wildman–Crippen LogP) is 2.33. The first-order valence-electron chi connectivity index (χ1n) is 5.65. The van der Waals surface area contributed by atoms with E-state index in [1.165, 1.54) is 17.2 Å². The summed E-state index contributed by atoms with van der Waals surface area (Å²) in [6.45, 7) is -0.0432. The Morgan fingerprint density at radius 3 is 2.68 bits per heavy atom. The third-order valence-electron chi connectivity index (χ3n) is 3.33. The molecule has 2 rings (SSSR count). The van der Waals surface area contributed by atoms with E-state index in [-0.39, 0.29) is 25.3 Å². The highest BCUT2D eigenvalue weighted by Gasteiger charge is 2.50. The summed E-state index contributed by atoms with van der Waals surface area (Å²) in [5.74, 6) is -1.74. The lowest BCUT2D eigenvalue weighted by atomic mass is 10.1. The second kappa shape index (κ2) is 4.82. The Balaban J connectivity index is 2.20. The first-order valence-corrected chi connectivity index (χ1v) is 6.44. The van der Waals surface area contributed by atoms with Crippen molar-refractivity contribution >= 4 is 21.8 Å². The molecule has 1 saturated heterocycles. The molecule has 0 aromatic carbocycles. The highest BCUT2D eigenvalue weighted by molar-refractivity contribution is 9.11. The van der Waals surface area contributed by atoms with Gasteiger partial charge in [-0.15, -0.1) is 0 Å². The van der Waals surface area contributed by atoms with E-state index in [4.69, 9.17) is 15.9 Å². The second-order valence-electron chi connectivity index (χ2n) is 4.54. The first-order chi connectivity index (χ1) is 8.75. The highest BCUT2D eigenvalue weighted by Crippen LogP contribution is 2.38. The monoisotopic (exact) mass is 339 g/mol. The van der Waals surface area contributed by atoms with Gasteiger partial charge in [-0.05, 0) is 34.5 Å². The van der Waals surface area contributed by atoms with E-state index < -0.39 is 17.8 Å². The fourth-order valence-electron chi connectivity index (χ4n) is 2.25. The SMILES string of the molecule is N=C(N)C1(N2CCC(C(F)(F)F)C2)C=CC(Br)=CO1. The lowest BCUT2D eigenvalue weighted by Crippen LogP contribution is -2.57. The summed E-state index contributed by atoms with van der Waals surface area (Å²) in [4.78, 5) is 1.44. The van der Waals surface area contributed by atoms with Gasteiger partial charge in [-0.2, -0.15) is 13.2 Å². The Morgan fingerprint density at radius 2 is 2.26 bits per heavy atom. The molecule has 2 unspecified atom stereocenters. The van der Waals surface area contributed by atoms with E-state index in [2.05, 4.69) is 15.9 Å². The Hall–Kier alpha value is -1.02. The number of rotatable bonds is 2. The quantitative estimate of drug-likeness (QED) is 0.599. The normalized spacial score (nSPS) is 32.0. The van der Waals surface area contributed by atoms with Gasteiger partial charge in [0.2, 0.25) is 5.72 Å². The molecule has 0 aromatic heterocycles. The van der Waals surface area contributed by atoms with Crippen LogP contribution in [0.2, 0.25) is 0 Å². The molecule has 106 valence electrons. The number of nitrogens with one attached hydrogen (secondary N) is 1. The first kappa shape index (κ1) is 14.4. The van der Waals surface area contributed by atoms with E-state index in [1.54, 1.807) is 6.08 Å². The molecule has 0 spiro atoms. The molecular weight excluding hydrogens is 327 g/mol. The molecule has 2 heterocycles. The van der Waals surface area contributed by atoms with Crippen LogP contribution in [0.25, 0.3) is 0 Å². The van der Waals surface area contributed by atoms with Crippen molar-refractivity contribution in [1.82, 2.24) is 4.90 Å². The minimum absolute atomic E-state index is 0.0133. The zero-order valence-electron chi connectivity index (χ0n) is 9.88. The van der Waals surface area contributed by atoms with Crippen molar-refractivity contribution in [2.75, 3.05) is 13.1 Å².